The summed E-state index contributed by atoms with van der Waals surface area (Å²) in [5, 5.41) is 0. The van der Waals surface area contributed by atoms with Crippen LogP contribution < -0.4 is 5.73 Å². The van der Waals surface area contributed by atoms with Crippen LogP contribution in [-0.2, 0) is 14.6 Å². The van der Waals surface area contributed by atoms with Gasteiger partial charge < -0.3 is 10.6 Å². The molecule has 0 bridgehead atoms. The van der Waals surface area contributed by atoms with Crippen LogP contribution in [0.25, 0.3) is 0 Å². The van der Waals surface area contributed by atoms with Crippen molar-refractivity contribution in [2.45, 2.75) is 38.1 Å². The van der Waals surface area contributed by atoms with E-state index in [0.29, 0.717) is 24.7 Å². The average Bonchev–Trinajstić information content (AvgIpc) is 2.94. The van der Waals surface area contributed by atoms with Gasteiger partial charge in [-0.3, -0.25) is 4.79 Å². The van der Waals surface area contributed by atoms with Crippen LogP contribution in [0.15, 0.2) is 0 Å². The quantitative estimate of drug-likeness (QED) is 0.800. The fourth-order valence-electron chi connectivity index (χ4n) is 4.13. The summed E-state index contributed by atoms with van der Waals surface area (Å²) in [5.74, 6) is 1.63. The summed E-state index contributed by atoms with van der Waals surface area (Å²) < 4.78 is 22.9. The van der Waals surface area contributed by atoms with Crippen LogP contribution in [0.2, 0.25) is 0 Å². The summed E-state index contributed by atoms with van der Waals surface area (Å²) in [6, 6.07) is 0.235. The topological polar surface area (TPSA) is 80.5 Å². The number of nitrogens with two attached hydrogens (primary N) is 1. The number of hydrogen-bond acceptors (Lipinski definition) is 4. The molecular formula is C14H24N2O3S. The Labute approximate surface area is 120 Å². The van der Waals surface area contributed by atoms with Crippen molar-refractivity contribution in [2.24, 2.45) is 23.5 Å². The second-order valence-electron chi connectivity index (χ2n) is 6.79. The number of hydrogen-bond donors (Lipinski definition) is 1. The predicted molar refractivity (Wildman–Crippen MR) is 76.8 cm³/mol. The molecule has 2 N–H and O–H groups in total. The number of fused-ring (bicyclic) bond motifs is 1. The number of amides is 1. The molecule has 3 rings (SSSR count). The summed E-state index contributed by atoms with van der Waals surface area (Å²) in [6.07, 6.45) is 4.47. The van der Waals surface area contributed by atoms with Crippen molar-refractivity contribution in [1.82, 2.24) is 4.90 Å². The van der Waals surface area contributed by atoms with Crippen molar-refractivity contribution < 1.29 is 13.2 Å². The average molecular weight is 300 g/mol. The van der Waals surface area contributed by atoms with Gasteiger partial charge in [-0.15, -0.1) is 0 Å². The smallest absolute Gasteiger partial charge is 0.222 e. The van der Waals surface area contributed by atoms with Gasteiger partial charge in [-0.05, 0) is 37.0 Å². The number of nitrogens with zero attached hydrogens (tertiary/aromatic N) is 1. The third-order valence-electron chi connectivity index (χ3n) is 5.30. The van der Waals surface area contributed by atoms with Crippen LogP contribution in [0.4, 0.5) is 0 Å². The summed E-state index contributed by atoms with van der Waals surface area (Å²) in [4.78, 5) is 14.3. The zero-order valence-corrected chi connectivity index (χ0v) is 12.6. The zero-order valence-electron chi connectivity index (χ0n) is 11.8. The molecule has 2 saturated heterocycles. The van der Waals surface area contributed by atoms with Gasteiger partial charge in [0.05, 0.1) is 11.5 Å². The van der Waals surface area contributed by atoms with Crippen LogP contribution >= 0.6 is 0 Å². The number of carbonyl (C=O) groups is 1. The molecule has 4 atom stereocenters. The molecule has 1 saturated carbocycles. The lowest BCUT2D eigenvalue weighted by Gasteiger charge is -2.29. The molecule has 6 heteroatoms. The SMILES string of the molecule is NC1CCCC2CN(C(=O)CC3CCS(=O)(=O)C3)CC12. The molecule has 20 heavy (non-hydrogen) atoms. The van der Waals surface area contributed by atoms with Gasteiger partial charge in [0.25, 0.3) is 0 Å². The van der Waals surface area contributed by atoms with Crippen LogP contribution in [0.1, 0.15) is 32.1 Å². The van der Waals surface area contributed by atoms with E-state index in [9.17, 15) is 13.2 Å². The lowest BCUT2D eigenvalue weighted by atomic mass is 9.78. The highest BCUT2D eigenvalue weighted by Gasteiger charge is 2.41. The van der Waals surface area contributed by atoms with Gasteiger partial charge in [0.15, 0.2) is 9.84 Å². The molecule has 3 fully saturated rings. The van der Waals surface area contributed by atoms with Crippen LogP contribution in [-0.4, -0.2) is 49.9 Å². The zero-order chi connectivity index (χ0) is 14.3. The fourth-order valence-corrected chi connectivity index (χ4v) is 5.99. The molecule has 0 aromatic heterocycles. The molecule has 0 spiro atoms. The highest BCUT2D eigenvalue weighted by atomic mass is 32.2. The van der Waals surface area contributed by atoms with Crippen molar-refractivity contribution in [2.75, 3.05) is 24.6 Å². The minimum absolute atomic E-state index is 0.0313. The first-order chi connectivity index (χ1) is 9.44. The van der Waals surface area contributed by atoms with Gasteiger partial charge in [-0.2, -0.15) is 0 Å². The monoisotopic (exact) mass is 300 g/mol. The predicted octanol–water partition coefficient (Wildman–Crippen LogP) is 0.397. The van der Waals surface area contributed by atoms with Gasteiger partial charge in [0.2, 0.25) is 5.91 Å². The maximum Gasteiger partial charge on any atom is 0.222 e. The van der Waals surface area contributed by atoms with Crippen molar-refractivity contribution in [1.29, 1.82) is 0 Å². The number of likely N-dealkylation sites (tertiary alicyclic amines) is 1. The second kappa shape index (κ2) is 5.30. The van der Waals surface area contributed by atoms with Crippen LogP contribution in [0.5, 0.6) is 0 Å². The molecule has 114 valence electrons. The van der Waals surface area contributed by atoms with Gasteiger partial charge in [-0.1, -0.05) is 6.42 Å². The minimum atomic E-state index is -2.88. The molecule has 4 unspecified atom stereocenters. The van der Waals surface area contributed by atoms with Gasteiger partial charge in [0.1, 0.15) is 0 Å². The normalized spacial score (nSPS) is 39.8. The Hall–Kier alpha value is -0.620. The van der Waals surface area contributed by atoms with Crippen molar-refractivity contribution >= 4 is 15.7 Å². The molecular weight excluding hydrogens is 276 g/mol. The van der Waals surface area contributed by atoms with E-state index >= 15 is 0 Å². The Kier molecular flexibility index (Phi) is 3.79. The third kappa shape index (κ3) is 2.86. The van der Waals surface area contributed by atoms with Gasteiger partial charge >= 0.3 is 0 Å². The Morgan fingerprint density at radius 3 is 2.65 bits per heavy atom. The lowest BCUT2D eigenvalue weighted by molar-refractivity contribution is -0.131. The van der Waals surface area contributed by atoms with E-state index in [2.05, 4.69) is 0 Å². The highest BCUT2D eigenvalue weighted by molar-refractivity contribution is 7.91. The molecule has 1 aliphatic carbocycles. The Morgan fingerprint density at radius 1 is 1.20 bits per heavy atom. The molecule has 0 aromatic carbocycles. The first-order valence-corrected chi connectivity index (χ1v) is 9.50. The highest BCUT2D eigenvalue weighted by Crippen LogP contribution is 2.36. The maximum atomic E-state index is 12.4. The maximum absolute atomic E-state index is 12.4. The van der Waals surface area contributed by atoms with Crippen molar-refractivity contribution in [3.63, 3.8) is 0 Å². The van der Waals surface area contributed by atoms with E-state index < -0.39 is 9.84 Å². The Balaban J connectivity index is 1.56. The largest absolute Gasteiger partial charge is 0.342 e. The first kappa shape index (κ1) is 14.3. The van der Waals surface area contributed by atoms with E-state index in [4.69, 9.17) is 5.73 Å². The van der Waals surface area contributed by atoms with Crippen molar-refractivity contribution in [3.05, 3.63) is 0 Å². The number of carbonyl (C=O) groups excluding carboxylic acids is 1. The van der Waals surface area contributed by atoms with E-state index in [1.54, 1.807) is 0 Å². The minimum Gasteiger partial charge on any atom is -0.342 e. The standard InChI is InChI=1S/C14H24N2O3S/c15-13-3-1-2-11-7-16(8-12(11)13)14(17)6-10-4-5-20(18,19)9-10/h10-13H,1-9,15H2. The molecule has 1 amide bonds. The first-order valence-electron chi connectivity index (χ1n) is 7.68. The van der Waals surface area contributed by atoms with Crippen LogP contribution in [0.3, 0.4) is 0 Å². The molecule has 0 aromatic rings. The van der Waals surface area contributed by atoms with Gasteiger partial charge in [-0.25, -0.2) is 8.42 Å². The molecule has 3 aliphatic rings. The van der Waals surface area contributed by atoms with E-state index in [-0.39, 0.29) is 29.4 Å². The Morgan fingerprint density at radius 2 is 2.00 bits per heavy atom. The number of rotatable bonds is 2. The fraction of sp³-hybridized carbons (Fsp3) is 0.929. The molecule has 0 radical (unpaired) electrons. The lowest BCUT2D eigenvalue weighted by Crippen LogP contribution is -2.38. The second-order valence-corrected chi connectivity index (χ2v) is 9.02. The summed E-state index contributed by atoms with van der Waals surface area (Å²) in [7, 11) is -2.88. The molecule has 2 heterocycles. The summed E-state index contributed by atoms with van der Waals surface area (Å²) >= 11 is 0. The van der Waals surface area contributed by atoms with Crippen LogP contribution in [0, 0.1) is 17.8 Å². The van der Waals surface area contributed by atoms with E-state index in [1.807, 2.05) is 4.90 Å². The van der Waals surface area contributed by atoms with Crippen molar-refractivity contribution in [3.8, 4) is 0 Å². The number of sulfone groups is 1. The summed E-state index contributed by atoms with van der Waals surface area (Å²) in [5.41, 5.74) is 6.16. The van der Waals surface area contributed by atoms with E-state index in [1.165, 1.54) is 12.8 Å². The third-order valence-corrected chi connectivity index (χ3v) is 7.13. The van der Waals surface area contributed by atoms with E-state index in [0.717, 1.165) is 19.5 Å². The summed E-state index contributed by atoms with van der Waals surface area (Å²) in [6.45, 7) is 1.61. The Bertz CT molecular complexity index is 491. The molecule has 5 nitrogen and oxygen atoms in total. The van der Waals surface area contributed by atoms with Gasteiger partial charge in [0, 0.05) is 25.6 Å². The molecule has 2 aliphatic heterocycles.